The van der Waals surface area contributed by atoms with Crippen LogP contribution in [0.1, 0.15) is 31.0 Å². The molecule has 6 heteroatoms. The van der Waals surface area contributed by atoms with Crippen LogP contribution in [-0.4, -0.2) is 38.0 Å². The van der Waals surface area contributed by atoms with Gasteiger partial charge in [0.15, 0.2) is 11.5 Å². The number of rotatable bonds is 3. The van der Waals surface area contributed by atoms with Crippen LogP contribution >= 0.6 is 0 Å². The van der Waals surface area contributed by atoms with Gasteiger partial charge < -0.3 is 14.4 Å². The molecular formula is C16H21F2NO3. The summed E-state index contributed by atoms with van der Waals surface area (Å²) in [5.41, 5.74) is 1.83. The molecule has 22 heavy (non-hydrogen) atoms. The van der Waals surface area contributed by atoms with Gasteiger partial charge in [-0.05, 0) is 42.5 Å². The molecule has 0 fully saturated rings. The number of hydrogen-bond donors (Lipinski definition) is 0. The molecule has 1 amide bonds. The fraction of sp³-hybridized carbons (Fsp3) is 0.562. The molecule has 0 bridgehead atoms. The van der Waals surface area contributed by atoms with E-state index in [1.54, 1.807) is 20.1 Å². The Morgan fingerprint density at radius 1 is 1.23 bits per heavy atom. The van der Waals surface area contributed by atoms with Crippen LogP contribution in [0.25, 0.3) is 0 Å². The highest BCUT2D eigenvalue weighted by Crippen LogP contribution is 2.38. The quantitative estimate of drug-likeness (QED) is 0.861. The minimum atomic E-state index is -2.99. The second-order valence-electron chi connectivity index (χ2n) is 5.68. The van der Waals surface area contributed by atoms with E-state index in [9.17, 15) is 13.6 Å². The number of ether oxygens (including phenoxy) is 2. The Morgan fingerprint density at radius 3 is 2.36 bits per heavy atom. The molecule has 2 rings (SSSR count). The molecule has 0 saturated carbocycles. The molecule has 0 aliphatic carbocycles. The summed E-state index contributed by atoms with van der Waals surface area (Å²) in [6.07, 6.45) is -2.29. The van der Waals surface area contributed by atoms with Crippen LogP contribution in [0.15, 0.2) is 12.1 Å². The first-order valence-electron chi connectivity index (χ1n) is 7.22. The van der Waals surface area contributed by atoms with Gasteiger partial charge in [0, 0.05) is 6.54 Å². The third-order valence-corrected chi connectivity index (χ3v) is 4.11. The number of alkyl halides is 2. The number of nitrogens with zero attached hydrogens (tertiary/aromatic N) is 1. The molecule has 0 radical (unpaired) electrons. The lowest BCUT2D eigenvalue weighted by Gasteiger charge is -2.29. The Morgan fingerprint density at radius 2 is 1.82 bits per heavy atom. The maximum absolute atomic E-state index is 12.9. The number of benzene rings is 1. The molecule has 0 unspecified atom stereocenters. The zero-order valence-electron chi connectivity index (χ0n) is 13.2. The van der Waals surface area contributed by atoms with Gasteiger partial charge in [0.05, 0.1) is 20.3 Å². The molecule has 1 aromatic rings. The summed E-state index contributed by atoms with van der Waals surface area (Å²) < 4.78 is 36.3. The van der Waals surface area contributed by atoms with Gasteiger partial charge >= 0.3 is 6.43 Å². The molecule has 1 aliphatic rings. The minimum absolute atomic E-state index is 0.0875. The van der Waals surface area contributed by atoms with Gasteiger partial charge in [-0.25, -0.2) is 0 Å². The highest BCUT2D eigenvalue weighted by molar-refractivity contribution is 5.80. The molecule has 0 N–H and O–H groups in total. The SMILES string of the molecule is COc1cc2c(cc1OC)[C@H](C)N(C(=O)C(F)F)C[C@@H](C)C2. The third-order valence-electron chi connectivity index (χ3n) is 4.11. The minimum Gasteiger partial charge on any atom is -0.493 e. The maximum Gasteiger partial charge on any atom is 0.315 e. The van der Waals surface area contributed by atoms with Crippen LogP contribution in [0.5, 0.6) is 11.5 Å². The summed E-state index contributed by atoms with van der Waals surface area (Å²) in [7, 11) is 3.08. The lowest BCUT2D eigenvalue weighted by Crippen LogP contribution is -2.39. The van der Waals surface area contributed by atoms with Crippen molar-refractivity contribution in [3.63, 3.8) is 0 Å². The van der Waals surface area contributed by atoms with E-state index in [0.29, 0.717) is 24.5 Å². The van der Waals surface area contributed by atoms with Gasteiger partial charge in [0.25, 0.3) is 5.91 Å². The Bertz CT molecular complexity index is 563. The van der Waals surface area contributed by atoms with Crippen molar-refractivity contribution < 1.29 is 23.0 Å². The van der Waals surface area contributed by atoms with Crippen molar-refractivity contribution in [1.82, 2.24) is 4.90 Å². The van der Waals surface area contributed by atoms with E-state index in [1.807, 2.05) is 13.0 Å². The van der Waals surface area contributed by atoms with Crippen molar-refractivity contribution >= 4 is 5.91 Å². The van der Waals surface area contributed by atoms with Crippen LogP contribution < -0.4 is 9.47 Å². The van der Waals surface area contributed by atoms with Crippen LogP contribution in [0.3, 0.4) is 0 Å². The van der Waals surface area contributed by atoms with Gasteiger partial charge in [-0.3, -0.25) is 4.79 Å². The predicted octanol–water partition coefficient (Wildman–Crippen LogP) is 3.05. The van der Waals surface area contributed by atoms with E-state index >= 15 is 0 Å². The molecule has 122 valence electrons. The standard InChI is InChI=1S/C16H21F2NO3/c1-9-5-11-6-13(21-3)14(22-4)7-12(11)10(2)19(8-9)16(20)15(17)18/h6-7,9-10,15H,5,8H2,1-4H3/t9-,10-/m0/s1. The summed E-state index contributed by atoms with van der Waals surface area (Å²) in [6, 6.07) is 3.22. The van der Waals surface area contributed by atoms with Crippen molar-refractivity contribution in [3.8, 4) is 11.5 Å². The second kappa shape index (κ2) is 6.50. The highest BCUT2D eigenvalue weighted by Gasteiger charge is 2.33. The summed E-state index contributed by atoms with van der Waals surface area (Å²) >= 11 is 0. The average molecular weight is 313 g/mol. The van der Waals surface area contributed by atoms with Gasteiger partial charge in [-0.1, -0.05) is 6.92 Å². The summed E-state index contributed by atoms with van der Waals surface area (Å²) in [5.74, 6) is 0.105. The molecule has 0 spiro atoms. The maximum atomic E-state index is 12.9. The van der Waals surface area contributed by atoms with Gasteiger partial charge in [-0.2, -0.15) is 8.78 Å². The smallest absolute Gasteiger partial charge is 0.315 e. The van der Waals surface area contributed by atoms with Crippen molar-refractivity contribution in [1.29, 1.82) is 0 Å². The molecule has 0 aromatic heterocycles. The van der Waals surface area contributed by atoms with Gasteiger partial charge in [0.2, 0.25) is 0 Å². The summed E-state index contributed by atoms with van der Waals surface area (Å²) in [6.45, 7) is 4.02. The lowest BCUT2D eigenvalue weighted by molar-refractivity contribution is -0.145. The Labute approximate surface area is 129 Å². The average Bonchev–Trinajstić information content (AvgIpc) is 2.61. The van der Waals surface area contributed by atoms with Crippen molar-refractivity contribution in [2.24, 2.45) is 5.92 Å². The summed E-state index contributed by atoms with van der Waals surface area (Å²) in [5, 5.41) is 0. The van der Waals surface area contributed by atoms with E-state index in [4.69, 9.17) is 9.47 Å². The number of hydrogen-bond acceptors (Lipinski definition) is 3. The highest BCUT2D eigenvalue weighted by atomic mass is 19.3. The fourth-order valence-electron chi connectivity index (χ4n) is 3.01. The first-order chi connectivity index (χ1) is 10.4. The second-order valence-corrected chi connectivity index (χ2v) is 5.68. The third kappa shape index (κ3) is 3.00. The zero-order valence-corrected chi connectivity index (χ0v) is 13.2. The van der Waals surface area contributed by atoms with E-state index in [-0.39, 0.29) is 5.92 Å². The van der Waals surface area contributed by atoms with E-state index in [1.165, 1.54) is 12.0 Å². The Hall–Kier alpha value is -1.85. The summed E-state index contributed by atoms with van der Waals surface area (Å²) in [4.78, 5) is 13.1. The topological polar surface area (TPSA) is 38.8 Å². The normalized spacial score (nSPS) is 21.3. The lowest BCUT2D eigenvalue weighted by atomic mass is 9.95. The number of amides is 1. The Kier molecular flexibility index (Phi) is 4.88. The van der Waals surface area contributed by atoms with Crippen molar-refractivity contribution in [2.45, 2.75) is 32.7 Å². The monoisotopic (exact) mass is 313 g/mol. The molecule has 4 nitrogen and oxygen atoms in total. The van der Waals surface area contributed by atoms with Crippen LogP contribution in [0, 0.1) is 5.92 Å². The molecular weight excluding hydrogens is 292 g/mol. The van der Waals surface area contributed by atoms with Crippen LogP contribution in [-0.2, 0) is 11.2 Å². The van der Waals surface area contributed by atoms with Crippen molar-refractivity contribution in [2.75, 3.05) is 20.8 Å². The molecule has 1 aliphatic heterocycles. The van der Waals surface area contributed by atoms with Crippen LogP contribution in [0.2, 0.25) is 0 Å². The number of carbonyl (C=O) groups is 1. The Balaban J connectivity index is 2.50. The van der Waals surface area contributed by atoms with Gasteiger partial charge in [0.1, 0.15) is 0 Å². The number of carbonyl (C=O) groups excluding carboxylic acids is 1. The number of fused-ring (bicyclic) bond motifs is 1. The number of methoxy groups -OCH3 is 2. The first-order valence-corrected chi connectivity index (χ1v) is 7.22. The molecule has 2 atom stereocenters. The van der Waals surface area contributed by atoms with E-state index in [2.05, 4.69) is 0 Å². The van der Waals surface area contributed by atoms with Crippen molar-refractivity contribution in [3.05, 3.63) is 23.3 Å². The predicted molar refractivity (Wildman–Crippen MR) is 78.5 cm³/mol. The zero-order chi connectivity index (χ0) is 16.4. The van der Waals surface area contributed by atoms with E-state index < -0.39 is 18.4 Å². The number of halogens is 2. The molecule has 1 aromatic carbocycles. The molecule has 0 saturated heterocycles. The van der Waals surface area contributed by atoms with Gasteiger partial charge in [-0.15, -0.1) is 0 Å². The fourth-order valence-corrected chi connectivity index (χ4v) is 3.01. The largest absolute Gasteiger partial charge is 0.493 e. The van der Waals surface area contributed by atoms with E-state index in [0.717, 1.165) is 11.1 Å². The van der Waals surface area contributed by atoms with Crippen LogP contribution in [0.4, 0.5) is 8.78 Å². The first kappa shape index (κ1) is 16.5. The molecule has 1 heterocycles.